The molecule has 6 rings (SSSR count). The van der Waals surface area contributed by atoms with Gasteiger partial charge in [-0.1, -0.05) is 35.9 Å². The summed E-state index contributed by atoms with van der Waals surface area (Å²) < 4.78 is 3.06. The second kappa shape index (κ2) is 11.9. The fraction of sp³-hybridized carbons (Fsp3) is 0.219. The molecular weight excluding hydrogens is 578 g/mol. The Balaban J connectivity index is 1.22. The molecule has 44 heavy (non-hydrogen) atoms. The quantitative estimate of drug-likeness (QED) is 0.293. The van der Waals surface area contributed by atoms with E-state index in [0.29, 0.717) is 39.2 Å². The average molecular weight is 610 g/mol. The molecule has 3 N–H and O–H groups in total. The normalized spacial score (nSPS) is 13.7. The van der Waals surface area contributed by atoms with Gasteiger partial charge in [0.2, 0.25) is 0 Å². The number of nitrogens with one attached hydrogen (secondary N) is 1. The van der Waals surface area contributed by atoms with Gasteiger partial charge in [0.1, 0.15) is 28.6 Å². The highest BCUT2D eigenvalue weighted by Gasteiger charge is 2.23. The highest BCUT2D eigenvalue weighted by molar-refractivity contribution is 6.30. The number of carbonyl (C=O) groups excluding carboxylic acids is 1. The molecule has 0 radical (unpaired) electrons. The highest BCUT2D eigenvalue weighted by atomic mass is 35.5. The number of nitrogens with two attached hydrogens (primary N) is 1. The third-order valence-corrected chi connectivity index (χ3v) is 8.11. The lowest BCUT2D eigenvalue weighted by atomic mass is 10.1. The van der Waals surface area contributed by atoms with E-state index in [9.17, 15) is 9.59 Å². The van der Waals surface area contributed by atoms with Crippen molar-refractivity contribution in [2.24, 2.45) is 7.05 Å². The summed E-state index contributed by atoms with van der Waals surface area (Å²) in [6.45, 7) is 5.53. The first-order chi connectivity index (χ1) is 21.2. The van der Waals surface area contributed by atoms with Gasteiger partial charge in [0.05, 0.1) is 23.3 Å². The van der Waals surface area contributed by atoms with Crippen LogP contribution in [0.3, 0.4) is 0 Å². The Hall–Kier alpha value is -5.00. The number of aromatic nitrogens is 5. The first kappa shape index (κ1) is 29.1. The van der Waals surface area contributed by atoms with E-state index in [0.717, 1.165) is 37.6 Å². The first-order valence-corrected chi connectivity index (χ1v) is 14.6. The number of halogens is 1. The van der Waals surface area contributed by atoms with Crippen LogP contribution in [0, 0.1) is 6.92 Å². The number of amides is 1. The summed E-state index contributed by atoms with van der Waals surface area (Å²) in [7, 11) is 3.85. The van der Waals surface area contributed by atoms with Crippen molar-refractivity contribution in [2.45, 2.75) is 6.92 Å². The van der Waals surface area contributed by atoms with E-state index < -0.39 is 11.5 Å². The zero-order valence-electron chi connectivity index (χ0n) is 24.7. The van der Waals surface area contributed by atoms with Gasteiger partial charge in [0.15, 0.2) is 0 Å². The number of hydrogen-bond donors (Lipinski definition) is 2. The predicted octanol–water partition coefficient (Wildman–Crippen LogP) is 4.24. The van der Waals surface area contributed by atoms with E-state index in [-0.39, 0.29) is 11.4 Å². The van der Waals surface area contributed by atoms with E-state index in [1.54, 1.807) is 73.4 Å². The maximum atomic E-state index is 13.3. The number of likely N-dealkylation sites (N-methyl/N-ethyl adjacent to an activating group) is 1. The van der Waals surface area contributed by atoms with Crippen molar-refractivity contribution < 1.29 is 4.79 Å². The lowest BCUT2D eigenvalue weighted by Gasteiger charge is -2.33. The minimum Gasteiger partial charge on any atom is -0.382 e. The summed E-state index contributed by atoms with van der Waals surface area (Å²) >= 11 is 6.14. The molecule has 0 atom stereocenters. The van der Waals surface area contributed by atoms with Crippen LogP contribution in [-0.2, 0) is 7.05 Å². The van der Waals surface area contributed by atoms with E-state index in [4.69, 9.17) is 27.3 Å². The minimum atomic E-state index is -0.510. The second-order valence-electron chi connectivity index (χ2n) is 10.8. The summed E-state index contributed by atoms with van der Waals surface area (Å²) in [5, 5.41) is 3.33. The maximum Gasteiger partial charge on any atom is 0.284 e. The second-order valence-corrected chi connectivity index (χ2v) is 11.2. The van der Waals surface area contributed by atoms with Crippen molar-refractivity contribution in [3.63, 3.8) is 0 Å². The van der Waals surface area contributed by atoms with Crippen LogP contribution in [-0.4, -0.2) is 68.3 Å². The first-order valence-electron chi connectivity index (χ1n) is 14.2. The largest absolute Gasteiger partial charge is 0.382 e. The minimum absolute atomic E-state index is 0.0469. The number of carbonyl (C=O) groups is 1. The summed E-state index contributed by atoms with van der Waals surface area (Å²) in [5.74, 6) is 0.676. The van der Waals surface area contributed by atoms with Gasteiger partial charge >= 0.3 is 0 Å². The van der Waals surface area contributed by atoms with Crippen molar-refractivity contribution in [2.75, 3.05) is 49.2 Å². The molecule has 224 valence electrons. The van der Waals surface area contributed by atoms with Crippen molar-refractivity contribution in [3.05, 3.63) is 99.6 Å². The summed E-state index contributed by atoms with van der Waals surface area (Å²) in [5.41, 5.74) is 10.0. The number of nitrogens with zero attached hydrogens (tertiary/aromatic N) is 7. The van der Waals surface area contributed by atoms with Gasteiger partial charge in [-0.3, -0.25) is 14.3 Å². The molecule has 3 aromatic heterocycles. The summed E-state index contributed by atoms with van der Waals surface area (Å²) in [6.07, 6.45) is 1.63. The van der Waals surface area contributed by atoms with Crippen LogP contribution in [0.1, 0.15) is 16.1 Å². The van der Waals surface area contributed by atoms with E-state index in [2.05, 4.69) is 27.1 Å². The molecule has 0 saturated carbocycles. The zero-order valence-corrected chi connectivity index (χ0v) is 25.4. The van der Waals surface area contributed by atoms with Gasteiger partial charge in [-0.25, -0.2) is 19.6 Å². The predicted molar refractivity (Wildman–Crippen MR) is 174 cm³/mol. The highest BCUT2D eigenvalue weighted by Crippen LogP contribution is 2.28. The third-order valence-electron chi connectivity index (χ3n) is 7.87. The monoisotopic (exact) mass is 609 g/mol. The van der Waals surface area contributed by atoms with Crippen molar-refractivity contribution >= 4 is 34.8 Å². The Labute approximate surface area is 259 Å². The molecule has 0 spiro atoms. The van der Waals surface area contributed by atoms with E-state index >= 15 is 0 Å². The van der Waals surface area contributed by atoms with Gasteiger partial charge in [0, 0.05) is 49.5 Å². The smallest absolute Gasteiger partial charge is 0.284 e. The molecule has 0 aliphatic carbocycles. The fourth-order valence-electron chi connectivity index (χ4n) is 5.29. The van der Waals surface area contributed by atoms with Crippen LogP contribution >= 0.6 is 11.6 Å². The molecule has 1 saturated heterocycles. The Morgan fingerprint density at radius 1 is 0.932 bits per heavy atom. The Kier molecular flexibility index (Phi) is 7.90. The molecule has 0 bridgehead atoms. The number of pyridine rings is 1. The molecule has 4 heterocycles. The molecule has 2 aromatic carbocycles. The van der Waals surface area contributed by atoms with Crippen LogP contribution in [0.5, 0.6) is 0 Å². The summed E-state index contributed by atoms with van der Waals surface area (Å²) in [4.78, 5) is 45.2. The maximum absolute atomic E-state index is 13.3. The standard InChI is InChI=1S/C32H32ClN9O2/c1-20-28(32(44)42(40(20)3)24-7-4-6-22(33)18-24)31(43)36-23-12-10-21(11-13-23)29-30(34)35-19-26(38-29)25-8-5-9-27(37-25)41-16-14-39(2)15-17-41/h4-13,18-19H,14-17H2,1-3H3,(H2,34,35)(H,36,43). The van der Waals surface area contributed by atoms with Gasteiger partial charge in [-0.15, -0.1) is 0 Å². The number of rotatable bonds is 6. The molecule has 1 amide bonds. The van der Waals surface area contributed by atoms with Gasteiger partial charge in [-0.05, 0) is 56.4 Å². The summed E-state index contributed by atoms with van der Waals surface area (Å²) in [6, 6.07) is 19.9. The Bertz CT molecular complexity index is 1910. The Morgan fingerprint density at radius 2 is 1.66 bits per heavy atom. The molecule has 5 aromatic rings. The zero-order chi connectivity index (χ0) is 31.0. The number of benzene rings is 2. The van der Waals surface area contributed by atoms with Crippen molar-refractivity contribution in [1.29, 1.82) is 0 Å². The van der Waals surface area contributed by atoms with Crippen LogP contribution in [0.25, 0.3) is 28.3 Å². The molecular formula is C32H32ClN9O2. The number of hydrogen-bond acceptors (Lipinski definition) is 8. The molecule has 12 heteroatoms. The number of piperazine rings is 1. The lowest BCUT2D eigenvalue weighted by Crippen LogP contribution is -2.44. The van der Waals surface area contributed by atoms with Gasteiger partial charge in [0.25, 0.3) is 11.5 Å². The average Bonchev–Trinajstić information content (AvgIpc) is 3.25. The van der Waals surface area contributed by atoms with Crippen LogP contribution in [0.4, 0.5) is 17.3 Å². The Morgan fingerprint density at radius 3 is 2.39 bits per heavy atom. The molecule has 11 nitrogen and oxygen atoms in total. The molecule has 0 unspecified atom stereocenters. The lowest BCUT2D eigenvalue weighted by molar-refractivity contribution is 0.102. The topological polar surface area (TPSA) is 127 Å². The third kappa shape index (κ3) is 5.67. The number of anilines is 3. The van der Waals surface area contributed by atoms with E-state index in [1.807, 2.05) is 18.2 Å². The molecule has 1 aliphatic heterocycles. The SMILES string of the molecule is Cc1c(C(=O)Nc2ccc(-c3nc(-c4cccc(N5CCN(C)CC5)n4)cnc3N)cc2)c(=O)n(-c2cccc(Cl)c2)n1C. The van der Waals surface area contributed by atoms with E-state index in [1.165, 1.54) is 4.68 Å². The molecule has 1 fully saturated rings. The fourth-order valence-corrected chi connectivity index (χ4v) is 5.47. The van der Waals surface area contributed by atoms with Crippen molar-refractivity contribution in [3.8, 4) is 28.3 Å². The van der Waals surface area contributed by atoms with Crippen LogP contribution in [0.2, 0.25) is 5.02 Å². The van der Waals surface area contributed by atoms with Crippen LogP contribution in [0.15, 0.2) is 77.7 Å². The number of nitrogen functional groups attached to an aromatic ring is 1. The van der Waals surface area contributed by atoms with Gasteiger partial charge < -0.3 is 20.9 Å². The van der Waals surface area contributed by atoms with Crippen molar-refractivity contribution in [1.82, 2.24) is 29.2 Å². The van der Waals surface area contributed by atoms with Crippen LogP contribution < -0.4 is 21.5 Å². The molecule has 1 aliphatic rings. The van der Waals surface area contributed by atoms with Gasteiger partial charge in [-0.2, -0.15) is 0 Å².